The second-order valence-corrected chi connectivity index (χ2v) is 5.22. The van der Waals surface area contributed by atoms with Gasteiger partial charge in [0.1, 0.15) is 5.82 Å². The molecule has 0 bridgehead atoms. The summed E-state index contributed by atoms with van der Waals surface area (Å²) in [6, 6.07) is 6.05. The van der Waals surface area contributed by atoms with E-state index in [1.165, 1.54) is 25.0 Å². The maximum Gasteiger partial charge on any atom is 0.172 e. The molecule has 1 aliphatic heterocycles. The summed E-state index contributed by atoms with van der Waals surface area (Å²) < 4.78 is 14.8. The normalized spacial score (nSPS) is 15.5. The van der Waals surface area contributed by atoms with Crippen LogP contribution in [0, 0.1) is 5.82 Å². The second-order valence-electron chi connectivity index (χ2n) is 5.22. The molecule has 110 valence electrons. The largest absolute Gasteiger partial charge is 0.301 e. The first-order chi connectivity index (χ1) is 10.3. The minimum Gasteiger partial charge on any atom is -0.301 e. The first-order valence-corrected chi connectivity index (χ1v) is 7.15. The molecule has 1 aromatic carbocycles. The summed E-state index contributed by atoms with van der Waals surface area (Å²) in [6.07, 6.45) is 3.17. The molecule has 2 heterocycles. The molecule has 0 aliphatic carbocycles. The number of hydrogen-bond donors (Lipinski definition) is 0. The van der Waals surface area contributed by atoms with Crippen molar-refractivity contribution in [1.82, 2.24) is 19.9 Å². The lowest BCUT2D eigenvalue weighted by Gasteiger charge is -2.15. The lowest BCUT2D eigenvalue weighted by Crippen LogP contribution is -2.24. The van der Waals surface area contributed by atoms with Crippen molar-refractivity contribution in [2.24, 2.45) is 0 Å². The van der Waals surface area contributed by atoms with Crippen LogP contribution in [-0.4, -0.2) is 45.8 Å². The van der Waals surface area contributed by atoms with Gasteiger partial charge in [-0.15, -0.1) is 5.10 Å². The molecule has 0 radical (unpaired) electrons. The Morgan fingerprint density at radius 1 is 1.14 bits per heavy atom. The molecule has 0 amide bonds. The van der Waals surface area contributed by atoms with E-state index in [0.29, 0.717) is 24.2 Å². The van der Waals surface area contributed by atoms with E-state index >= 15 is 0 Å². The maximum atomic E-state index is 13.0. The number of hydrogen-bond acceptors (Lipinski definition) is 4. The van der Waals surface area contributed by atoms with Gasteiger partial charge in [-0.05, 0) is 50.2 Å². The number of aromatic nitrogens is 3. The zero-order valence-electron chi connectivity index (χ0n) is 11.7. The monoisotopic (exact) mass is 288 g/mol. The molecule has 5 nitrogen and oxygen atoms in total. The Kier molecular flexibility index (Phi) is 4.06. The lowest BCUT2D eigenvalue weighted by atomic mass is 10.1. The molecule has 0 spiro atoms. The van der Waals surface area contributed by atoms with E-state index in [2.05, 4.69) is 15.2 Å². The van der Waals surface area contributed by atoms with Gasteiger partial charge >= 0.3 is 0 Å². The van der Waals surface area contributed by atoms with Gasteiger partial charge in [-0.3, -0.25) is 4.79 Å². The Labute approximate surface area is 122 Å². The van der Waals surface area contributed by atoms with Gasteiger partial charge in [0, 0.05) is 12.1 Å². The fraction of sp³-hybridized carbons (Fsp3) is 0.400. The van der Waals surface area contributed by atoms with Crippen LogP contribution in [0.25, 0.3) is 11.3 Å². The Morgan fingerprint density at radius 2 is 1.86 bits per heavy atom. The van der Waals surface area contributed by atoms with Gasteiger partial charge < -0.3 is 4.90 Å². The Morgan fingerprint density at radius 3 is 2.52 bits per heavy atom. The smallest absolute Gasteiger partial charge is 0.172 e. The third-order valence-corrected chi connectivity index (χ3v) is 3.82. The average molecular weight is 288 g/mol. The van der Waals surface area contributed by atoms with Gasteiger partial charge in [0.05, 0.1) is 12.2 Å². The fourth-order valence-electron chi connectivity index (χ4n) is 2.71. The van der Waals surface area contributed by atoms with Crippen molar-refractivity contribution in [2.45, 2.75) is 19.4 Å². The molecule has 21 heavy (non-hydrogen) atoms. The van der Waals surface area contributed by atoms with Crippen molar-refractivity contribution in [3.05, 3.63) is 35.8 Å². The van der Waals surface area contributed by atoms with Gasteiger partial charge in [-0.25, -0.2) is 9.07 Å². The topological polar surface area (TPSA) is 51.0 Å². The summed E-state index contributed by atoms with van der Waals surface area (Å²) in [6.45, 7) is 3.78. The van der Waals surface area contributed by atoms with Crippen LogP contribution >= 0.6 is 0 Å². The van der Waals surface area contributed by atoms with Gasteiger partial charge in [-0.1, -0.05) is 5.21 Å². The van der Waals surface area contributed by atoms with Crippen LogP contribution in [0.15, 0.2) is 24.3 Å². The molecule has 0 atom stereocenters. The highest BCUT2D eigenvalue weighted by atomic mass is 19.1. The molecule has 1 fully saturated rings. The minimum atomic E-state index is -0.303. The second kappa shape index (κ2) is 6.13. The zero-order valence-corrected chi connectivity index (χ0v) is 11.7. The maximum absolute atomic E-state index is 13.0. The Hall–Kier alpha value is -2.08. The number of benzene rings is 1. The molecule has 3 rings (SSSR count). The summed E-state index contributed by atoms with van der Waals surface area (Å²) >= 11 is 0. The summed E-state index contributed by atoms with van der Waals surface area (Å²) in [5.41, 5.74) is 1.71. The molecular weight excluding hydrogens is 271 g/mol. The first kappa shape index (κ1) is 13.9. The molecular formula is C15H17FN4O. The van der Waals surface area contributed by atoms with E-state index in [-0.39, 0.29) is 5.82 Å². The molecule has 2 aromatic rings. The van der Waals surface area contributed by atoms with Crippen LogP contribution in [0.1, 0.15) is 23.3 Å². The molecule has 0 unspecified atom stereocenters. The highest BCUT2D eigenvalue weighted by molar-refractivity contribution is 5.83. The molecule has 0 saturated carbocycles. The van der Waals surface area contributed by atoms with Crippen molar-refractivity contribution in [3.8, 4) is 11.3 Å². The number of carbonyl (C=O) groups excluding carboxylic acids is 1. The van der Waals surface area contributed by atoms with Gasteiger partial charge in [0.15, 0.2) is 12.0 Å². The van der Waals surface area contributed by atoms with E-state index in [9.17, 15) is 9.18 Å². The predicted octanol–water partition coefficient (Wildman–Crippen LogP) is 1.99. The Balaban J connectivity index is 1.84. The number of rotatable bonds is 5. The number of nitrogens with zero attached hydrogens (tertiary/aromatic N) is 4. The van der Waals surface area contributed by atoms with Gasteiger partial charge in [0.2, 0.25) is 0 Å². The zero-order chi connectivity index (χ0) is 14.7. The van der Waals surface area contributed by atoms with E-state index in [0.717, 1.165) is 25.2 Å². The number of halogens is 1. The molecule has 0 N–H and O–H groups in total. The van der Waals surface area contributed by atoms with E-state index < -0.39 is 0 Å². The average Bonchev–Trinajstić information content (AvgIpc) is 3.15. The van der Waals surface area contributed by atoms with Gasteiger partial charge in [0.25, 0.3) is 0 Å². The molecule has 1 saturated heterocycles. The highest BCUT2D eigenvalue weighted by Crippen LogP contribution is 2.22. The summed E-state index contributed by atoms with van der Waals surface area (Å²) in [5.74, 6) is -0.303. The first-order valence-electron chi connectivity index (χ1n) is 7.15. The highest BCUT2D eigenvalue weighted by Gasteiger charge is 2.16. The third kappa shape index (κ3) is 3.00. The van der Waals surface area contributed by atoms with Crippen LogP contribution in [0.3, 0.4) is 0 Å². The van der Waals surface area contributed by atoms with Crippen LogP contribution in [0.4, 0.5) is 4.39 Å². The van der Waals surface area contributed by atoms with Crippen LogP contribution < -0.4 is 0 Å². The van der Waals surface area contributed by atoms with Gasteiger partial charge in [-0.2, -0.15) is 0 Å². The summed E-state index contributed by atoms with van der Waals surface area (Å²) in [5, 5.41) is 7.97. The van der Waals surface area contributed by atoms with Crippen LogP contribution in [0.2, 0.25) is 0 Å². The predicted molar refractivity (Wildman–Crippen MR) is 76.5 cm³/mol. The fourth-order valence-corrected chi connectivity index (χ4v) is 2.71. The number of carbonyl (C=O) groups is 1. The van der Waals surface area contributed by atoms with Crippen molar-refractivity contribution in [1.29, 1.82) is 0 Å². The van der Waals surface area contributed by atoms with E-state index in [4.69, 9.17) is 0 Å². The van der Waals surface area contributed by atoms with E-state index in [1.54, 1.807) is 16.8 Å². The number of likely N-dealkylation sites (tertiary alicyclic amines) is 1. The van der Waals surface area contributed by atoms with Crippen molar-refractivity contribution >= 4 is 6.29 Å². The van der Waals surface area contributed by atoms with E-state index in [1.807, 2.05) is 0 Å². The SMILES string of the molecule is O=Cc1nnn(CCN2CCCC2)c1-c1ccc(F)cc1. The van der Waals surface area contributed by atoms with Crippen LogP contribution in [0.5, 0.6) is 0 Å². The lowest BCUT2D eigenvalue weighted by molar-refractivity contribution is 0.111. The molecule has 1 aromatic heterocycles. The number of aldehydes is 1. The van der Waals surface area contributed by atoms with Crippen molar-refractivity contribution < 1.29 is 9.18 Å². The van der Waals surface area contributed by atoms with Crippen molar-refractivity contribution in [3.63, 3.8) is 0 Å². The third-order valence-electron chi connectivity index (χ3n) is 3.82. The molecule has 6 heteroatoms. The summed E-state index contributed by atoms with van der Waals surface area (Å²) in [4.78, 5) is 13.5. The quantitative estimate of drug-likeness (QED) is 0.790. The summed E-state index contributed by atoms with van der Waals surface area (Å²) in [7, 11) is 0. The van der Waals surface area contributed by atoms with Crippen molar-refractivity contribution in [2.75, 3.05) is 19.6 Å². The minimum absolute atomic E-state index is 0.294. The standard InChI is InChI=1S/C15H17FN4O/c16-13-5-3-12(4-6-13)15-14(11-21)17-18-20(15)10-9-19-7-1-2-8-19/h3-6,11H,1-2,7-10H2. The Bertz CT molecular complexity index is 617. The van der Waals surface area contributed by atoms with Crippen LogP contribution in [-0.2, 0) is 6.54 Å². The molecule has 1 aliphatic rings.